The Balaban J connectivity index is 0.000000155. The highest BCUT2D eigenvalue weighted by molar-refractivity contribution is 6.17. The lowest BCUT2D eigenvalue weighted by molar-refractivity contribution is 1.19. The molecular formula is C48H46N4. The molecule has 0 aliphatic carbocycles. The molecule has 0 aliphatic rings. The van der Waals surface area contributed by atoms with Crippen molar-refractivity contribution >= 4 is 33.9 Å². The molecule has 0 radical (unpaired) electrons. The van der Waals surface area contributed by atoms with Gasteiger partial charge in [-0.3, -0.25) is 5.41 Å². The molecule has 0 fully saturated rings. The summed E-state index contributed by atoms with van der Waals surface area (Å²) in [6.45, 7) is 4.05. The van der Waals surface area contributed by atoms with E-state index < -0.39 is 0 Å². The summed E-state index contributed by atoms with van der Waals surface area (Å²) >= 11 is 0. The van der Waals surface area contributed by atoms with Crippen molar-refractivity contribution in [2.24, 2.45) is 11.5 Å². The SMILES string of the molecule is C/C=C(\N)c1ccccc1/C=C\N.Cc1cccc(-c2cccc(Cc3ccccc3)c2)c1.N=C(c1ccccc1)c1ccc2ccccc2c1N. The van der Waals surface area contributed by atoms with E-state index in [0.717, 1.165) is 45.1 Å². The van der Waals surface area contributed by atoms with Gasteiger partial charge in [0.05, 0.1) is 5.71 Å². The van der Waals surface area contributed by atoms with Crippen molar-refractivity contribution in [3.63, 3.8) is 0 Å². The molecule has 4 nitrogen and oxygen atoms in total. The number of aryl methyl sites for hydroxylation is 1. The average Bonchev–Trinajstić information content (AvgIpc) is 3.19. The van der Waals surface area contributed by atoms with Crippen LogP contribution in [0.4, 0.5) is 5.69 Å². The van der Waals surface area contributed by atoms with E-state index >= 15 is 0 Å². The summed E-state index contributed by atoms with van der Waals surface area (Å²) in [4.78, 5) is 0. The largest absolute Gasteiger partial charge is 0.405 e. The molecule has 7 aromatic rings. The molecule has 0 spiro atoms. The molecule has 258 valence electrons. The van der Waals surface area contributed by atoms with Crippen molar-refractivity contribution < 1.29 is 0 Å². The first kappa shape index (κ1) is 36.6. The van der Waals surface area contributed by atoms with Gasteiger partial charge in [0.2, 0.25) is 0 Å². The molecule has 7 N–H and O–H groups in total. The van der Waals surface area contributed by atoms with Crippen molar-refractivity contribution in [2.45, 2.75) is 20.3 Å². The van der Waals surface area contributed by atoms with Crippen LogP contribution in [-0.2, 0) is 6.42 Å². The fourth-order valence-corrected chi connectivity index (χ4v) is 5.96. The highest BCUT2D eigenvalue weighted by Gasteiger charge is 2.10. The van der Waals surface area contributed by atoms with Crippen molar-refractivity contribution in [2.75, 3.05) is 5.73 Å². The first-order valence-electron chi connectivity index (χ1n) is 17.4. The number of fused-ring (bicyclic) bond motifs is 1. The number of nitrogen functional groups attached to an aromatic ring is 1. The zero-order valence-corrected chi connectivity index (χ0v) is 29.8. The maximum atomic E-state index is 8.31. The highest BCUT2D eigenvalue weighted by Crippen LogP contribution is 2.27. The van der Waals surface area contributed by atoms with E-state index in [-0.39, 0.29) is 0 Å². The van der Waals surface area contributed by atoms with Crippen molar-refractivity contribution in [1.82, 2.24) is 0 Å². The Kier molecular flexibility index (Phi) is 12.9. The van der Waals surface area contributed by atoms with Crippen molar-refractivity contribution in [3.8, 4) is 11.1 Å². The van der Waals surface area contributed by atoms with Gasteiger partial charge in [-0.15, -0.1) is 0 Å². The van der Waals surface area contributed by atoms with Crippen LogP contribution in [0, 0.1) is 12.3 Å². The fourth-order valence-electron chi connectivity index (χ4n) is 5.96. The maximum Gasteiger partial charge on any atom is 0.0705 e. The summed E-state index contributed by atoms with van der Waals surface area (Å²) < 4.78 is 0. The first-order valence-corrected chi connectivity index (χ1v) is 17.4. The Hall–Kier alpha value is -6.65. The van der Waals surface area contributed by atoms with Crippen LogP contribution in [0.2, 0.25) is 0 Å². The second-order valence-corrected chi connectivity index (χ2v) is 12.4. The van der Waals surface area contributed by atoms with Crippen LogP contribution in [0.5, 0.6) is 0 Å². The summed E-state index contributed by atoms with van der Waals surface area (Å²) in [6, 6.07) is 57.6. The van der Waals surface area contributed by atoms with Gasteiger partial charge < -0.3 is 17.2 Å². The lowest BCUT2D eigenvalue weighted by Crippen LogP contribution is -2.05. The molecule has 0 saturated heterocycles. The normalized spacial score (nSPS) is 10.9. The Morgan fingerprint density at radius 1 is 0.615 bits per heavy atom. The van der Waals surface area contributed by atoms with Gasteiger partial charge in [-0.25, -0.2) is 0 Å². The summed E-state index contributed by atoms with van der Waals surface area (Å²) in [5, 5.41) is 10.4. The second-order valence-electron chi connectivity index (χ2n) is 12.4. The van der Waals surface area contributed by atoms with Gasteiger partial charge in [0.15, 0.2) is 0 Å². The summed E-state index contributed by atoms with van der Waals surface area (Å²) in [5.41, 5.74) is 29.6. The van der Waals surface area contributed by atoms with E-state index in [9.17, 15) is 0 Å². The third kappa shape index (κ3) is 9.74. The monoisotopic (exact) mass is 678 g/mol. The van der Waals surface area contributed by atoms with E-state index in [2.05, 4.69) is 85.8 Å². The number of benzene rings is 7. The van der Waals surface area contributed by atoms with Crippen LogP contribution in [0.1, 0.15) is 45.9 Å². The van der Waals surface area contributed by atoms with E-state index in [1.54, 1.807) is 0 Å². The Morgan fingerprint density at radius 2 is 1.23 bits per heavy atom. The Bertz CT molecular complexity index is 2290. The quantitative estimate of drug-likeness (QED) is 0.0996. The molecule has 0 unspecified atom stereocenters. The van der Waals surface area contributed by atoms with Gasteiger partial charge in [-0.2, -0.15) is 0 Å². The molecule has 0 saturated carbocycles. The Labute approximate surface area is 308 Å². The van der Waals surface area contributed by atoms with Gasteiger partial charge >= 0.3 is 0 Å². The van der Waals surface area contributed by atoms with E-state index in [0.29, 0.717) is 11.4 Å². The molecule has 0 heterocycles. The number of rotatable bonds is 7. The van der Waals surface area contributed by atoms with Crippen molar-refractivity contribution in [1.29, 1.82) is 5.41 Å². The summed E-state index contributed by atoms with van der Waals surface area (Å²) in [7, 11) is 0. The minimum Gasteiger partial charge on any atom is -0.405 e. The fraction of sp³-hybridized carbons (Fsp3) is 0.0625. The number of hydrogen-bond donors (Lipinski definition) is 4. The number of hydrogen-bond acceptors (Lipinski definition) is 4. The van der Waals surface area contributed by atoms with Crippen LogP contribution in [0.25, 0.3) is 33.7 Å². The molecule has 0 aromatic heterocycles. The standard InChI is InChI=1S/C20H18.C17H14N2.C11H14N2/c1-16-7-5-11-19(13-16)20-12-6-10-18(15-20)14-17-8-3-2-4-9-17;18-16(13-7-2-1-3-8-13)15-11-10-12-6-4-5-9-14(12)17(15)19;1-2-11(13)10-6-4-3-5-9(10)7-8-12/h2-13,15H,14H2,1H3;1-11,18H,19H2;2-8H,12-13H2,1H3/b;;8-7-,11-2-. The minimum absolute atomic E-state index is 0.462. The van der Waals surface area contributed by atoms with Crippen LogP contribution in [0.15, 0.2) is 182 Å². The maximum absolute atomic E-state index is 8.31. The molecule has 7 rings (SSSR count). The predicted molar refractivity (Wildman–Crippen MR) is 224 cm³/mol. The molecule has 0 amide bonds. The molecule has 0 aliphatic heterocycles. The molecule has 4 heteroatoms. The highest BCUT2D eigenvalue weighted by atomic mass is 14.6. The molecular weight excluding hydrogens is 633 g/mol. The lowest BCUT2D eigenvalue weighted by atomic mass is 9.97. The molecule has 7 aromatic carbocycles. The number of anilines is 1. The summed E-state index contributed by atoms with van der Waals surface area (Å²) in [5.74, 6) is 0. The van der Waals surface area contributed by atoms with E-state index in [4.69, 9.17) is 22.6 Å². The van der Waals surface area contributed by atoms with Gasteiger partial charge in [-0.1, -0.05) is 181 Å². The number of nitrogens with one attached hydrogen (secondary N) is 1. The number of allylic oxidation sites excluding steroid dienone is 1. The second kappa shape index (κ2) is 18.4. The topological polar surface area (TPSA) is 102 Å². The third-order valence-electron chi connectivity index (χ3n) is 8.69. The van der Waals surface area contributed by atoms with Crippen LogP contribution in [-0.4, -0.2) is 5.71 Å². The van der Waals surface area contributed by atoms with Gasteiger partial charge in [0.1, 0.15) is 0 Å². The minimum atomic E-state index is 0.462. The van der Waals surface area contributed by atoms with E-state index in [1.807, 2.05) is 110 Å². The zero-order valence-electron chi connectivity index (χ0n) is 29.8. The van der Waals surface area contributed by atoms with Gasteiger partial charge in [0.25, 0.3) is 0 Å². The Morgan fingerprint density at radius 3 is 1.94 bits per heavy atom. The van der Waals surface area contributed by atoms with Crippen molar-refractivity contribution in [3.05, 3.63) is 221 Å². The van der Waals surface area contributed by atoms with Crippen LogP contribution >= 0.6 is 0 Å². The smallest absolute Gasteiger partial charge is 0.0705 e. The predicted octanol–water partition coefficient (Wildman–Crippen LogP) is 11.0. The zero-order chi connectivity index (χ0) is 36.7. The van der Waals surface area contributed by atoms with Gasteiger partial charge in [0, 0.05) is 33.5 Å². The summed E-state index contributed by atoms with van der Waals surface area (Å²) in [6.07, 6.45) is 6.22. The molecule has 0 bridgehead atoms. The lowest BCUT2D eigenvalue weighted by Gasteiger charge is -2.10. The number of nitrogens with two attached hydrogens (primary N) is 3. The molecule has 52 heavy (non-hydrogen) atoms. The van der Waals surface area contributed by atoms with Crippen LogP contribution < -0.4 is 17.2 Å². The van der Waals surface area contributed by atoms with E-state index in [1.165, 1.54) is 34.0 Å². The molecule has 0 atom stereocenters. The van der Waals surface area contributed by atoms with Crippen LogP contribution in [0.3, 0.4) is 0 Å². The average molecular weight is 679 g/mol. The third-order valence-corrected chi connectivity index (χ3v) is 8.69. The van der Waals surface area contributed by atoms with Gasteiger partial charge in [-0.05, 0) is 65.7 Å². The first-order chi connectivity index (χ1) is 25.4.